The van der Waals surface area contributed by atoms with Crippen molar-refractivity contribution < 1.29 is 33.3 Å². The molecule has 0 aromatic heterocycles. The predicted molar refractivity (Wildman–Crippen MR) is 117 cm³/mol. The fourth-order valence-electron chi connectivity index (χ4n) is 4.00. The molecule has 8 heteroatoms. The summed E-state index contributed by atoms with van der Waals surface area (Å²) in [5, 5.41) is 11.2. The van der Waals surface area contributed by atoms with Gasteiger partial charge in [0.1, 0.15) is 17.3 Å². The van der Waals surface area contributed by atoms with Crippen LogP contribution < -0.4 is 19.1 Å². The number of aliphatic hydroxyl groups excluding tert-OH is 1. The van der Waals surface area contributed by atoms with Crippen molar-refractivity contribution in [2.45, 2.75) is 6.04 Å². The highest BCUT2D eigenvalue weighted by molar-refractivity contribution is 6.51. The Balaban J connectivity index is 1.69. The fraction of sp³-hybridized carbons (Fsp3) is 0.120. The zero-order valence-corrected chi connectivity index (χ0v) is 17.4. The summed E-state index contributed by atoms with van der Waals surface area (Å²) in [7, 11) is 1.53. The van der Waals surface area contributed by atoms with Crippen LogP contribution in [0.25, 0.3) is 5.76 Å². The molecule has 2 aliphatic rings. The summed E-state index contributed by atoms with van der Waals surface area (Å²) in [5.74, 6) is -0.972. The number of benzene rings is 3. The molecule has 0 spiro atoms. The lowest BCUT2D eigenvalue weighted by molar-refractivity contribution is -0.132. The van der Waals surface area contributed by atoms with E-state index in [1.807, 2.05) is 0 Å². The normalized spacial score (nSPS) is 18.6. The molecular formula is C25H18FNO6. The van der Waals surface area contributed by atoms with Gasteiger partial charge in [0.15, 0.2) is 11.5 Å². The Kier molecular flexibility index (Phi) is 4.97. The Morgan fingerprint density at radius 2 is 1.70 bits per heavy atom. The van der Waals surface area contributed by atoms with E-state index in [1.54, 1.807) is 42.5 Å². The second kappa shape index (κ2) is 7.98. The average Bonchev–Trinajstić information content (AvgIpc) is 3.41. The van der Waals surface area contributed by atoms with E-state index < -0.39 is 23.5 Å². The van der Waals surface area contributed by atoms with Gasteiger partial charge >= 0.3 is 0 Å². The van der Waals surface area contributed by atoms with Gasteiger partial charge in [-0.2, -0.15) is 0 Å². The molecule has 0 radical (unpaired) electrons. The number of Topliss-reactive ketones (excluding diaryl/α,β-unsaturated/α-hetero) is 1. The number of anilines is 1. The number of halogens is 1. The third-order valence-corrected chi connectivity index (χ3v) is 5.63. The lowest BCUT2D eigenvalue weighted by atomic mass is 9.95. The number of carbonyl (C=O) groups excluding carboxylic acids is 2. The second-order valence-electron chi connectivity index (χ2n) is 7.49. The van der Waals surface area contributed by atoms with Gasteiger partial charge in [0, 0.05) is 11.3 Å². The molecule has 166 valence electrons. The number of hydrogen-bond acceptors (Lipinski definition) is 6. The Morgan fingerprint density at radius 3 is 2.39 bits per heavy atom. The summed E-state index contributed by atoms with van der Waals surface area (Å²) in [5.41, 5.74) is 1.11. The zero-order valence-electron chi connectivity index (χ0n) is 17.4. The molecule has 2 heterocycles. The molecule has 2 aliphatic heterocycles. The first-order valence-electron chi connectivity index (χ1n) is 10.1. The smallest absolute Gasteiger partial charge is 0.300 e. The molecule has 1 saturated heterocycles. The summed E-state index contributed by atoms with van der Waals surface area (Å²) in [6.45, 7) is 0.0559. The van der Waals surface area contributed by atoms with Crippen molar-refractivity contribution in [1.82, 2.24) is 0 Å². The van der Waals surface area contributed by atoms with Crippen LogP contribution in [-0.2, 0) is 9.59 Å². The minimum atomic E-state index is -0.938. The van der Waals surface area contributed by atoms with Gasteiger partial charge < -0.3 is 19.3 Å². The van der Waals surface area contributed by atoms with Gasteiger partial charge in [-0.3, -0.25) is 14.5 Å². The molecule has 1 unspecified atom stereocenters. The van der Waals surface area contributed by atoms with Gasteiger partial charge in [-0.05, 0) is 60.2 Å². The standard InChI is InChI=1S/C25H18FNO6/c1-31-18-9-2-14(3-10-18)22-21(23(28)15-4-11-19-20(12-15)33-13-32-19)24(29)25(30)27(22)17-7-5-16(26)6-8-17/h2-12,22,28H,13H2,1H3/b23-21-. The van der Waals surface area contributed by atoms with Crippen LogP contribution in [0.2, 0.25) is 0 Å². The van der Waals surface area contributed by atoms with Crippen molar-refractivity contribution in [3.05, 3.63) is 89.2 Å². The fourth-order valence-corrected chi connectivity index (χ4v) is 4.00. The summed E-state index contributed by atoms with van der Waals surface area (Å²) in [4.78, 5) is 27.5. The first-order chi connectivity index (χ1) is 16.0. The Hall–Kier alpha value is -4.33. The number of nitrogens with zero attached hydrogens (tertiary/aromatic N) is 1. The highest BCUT2D eigenvalue weighted by atomic mass is 19.1. The number of aliphatic hydroxyl groups is 1. The van der Waals surface area contributed by atoms with E-state index in [1.165, 1.54) is 36.3 Å². The number of hydrogen-bond donors (Lipinski definition) is 1. The Labute approximate surface area is 188 Å². The van der Waals surface area contributed by atoms with Crippen LogP contribution in [0.4, 0.5) is 10.1 Å². The van der Waals surface area contributed by atoms with Crippen molar-refractivity contribution in [3.8, 4) is 17.2 Å². The third kappa shape index (κ3) is 3.45. The van der Waals surface area contributed by atoms with Gasteiger partial charge in [-0.1, -0.05) is 12.1 Å². The van der Waals surface area contributed by atoms with E-state index >= 15 is 0 Å². The number of carbonyl (C=O) groups is 2. The van der Waals surface area contributed by atoms with Gasteiger partial charge in [0.05, 0.1) is 18.7 Å². The largest absolute Gasteiger partial charge is 0.507 e. The van der Waals surface area contributed by atoms with Crippen LogP contribution in [0.1, 0.15) is 17.2 Å². The zero-order chi connectivity index (χ0) is 23.1. The lowest BCUT2D eigenvalue weighted by Crippen LogP contribution is -2.29. The Morgan fingerprint density at radius 1 is 1.00 bits per heavy atom. The van der Waals surface area contributed by atoms with E-state index in [0.717, 1.165) is 0 Å². The van der Waals surface area contributed by atoms with Crippen molar-refractivity contribution >= 4 is 23.1 Å². The van der Waals surface area contributed by atoms with E-state index in [9.17, 15) is 19.1 Å². The predicted octanol–water partition coefficient (Wildman–Crippen LogP) is 4.19. The average molecular weight is 447 g/mol. The molecule has 0 saturated carbocycles. The number of methoxy groups -OCH3 is 1. The molecule has 1 N–H and O–H groups in total. The van der Waals surface area contributed by atoms with Crippen molar-refractivity contribution in [1.29, 1.82) is 0 Å². The maximum Gasteiger partial charge on any atom is 0.300 e. The Bertz CT molecular complexity index is 1280. The van der Waals surface area contributed by atoms with Crippen LogP contribution in [0.5, 0.6) is 17.2 Å². The molecule has 1 atom stereocenters. The SMILES string of the molecule is COc1ccc(C2/C(=C(/O)c3ccc4c(c3)OCO4)C(=O)C(=O)N2c2ccc(F)cc2)cc1. The van der Waals surface area contributed by atoms with Crippen LogP contribution >= 0.6 is 0 Å². The monoisotopic (exact) mass is 447 g/mol. The van der Waals surface area contributed by atoms with Crippen LogP contribution in [-0.4, -0.2) is 30.7 Å². The van der Waals surface area contributed by atoms with E-state index in [0.29, 0.717) is 34.1 Å². The molecule has 3 aromatic carbocycles. The van der Waals surface area contributed by atoms with Crippen LogP contribution in [0.15, 0.2) is 72.3 Å². The number of fused-ring (bicyclic) bond motifs is 1. The van der Waals surface area contributed by atoms with Gasteiger partial charge in [-0.25, -0.2) is 4.39 Å². The molecule has 3 aromatic rings. The highest BCUT2D eigenvalue weighted by Gasteiger charge is 2.47. The highest BCUT2D eigenvalue weighted by Crippen LogP contribution is 2.43. The summed E-state index contributed by atoms with van der Waals surface area (Å²) in [6.07, 6.45) is 0. The minimum Gasteiger partial charge on any atom is -0.507 e. The first-order valence-corrected chi connectivity index (χ1v) is 10.1. The first kappa shape index (κ1) is 20.6. The maximum absolute atomic E-state index is 13.5. The molecule has 1 fully saturated rings. The van der Waals surface area contributed by atoms with Crippen molar-refractivity contribution in [2.24, 2.45) is 0 Å². The summed E-state index contributed by atoms with van der Waals surface area (Å²) < 4.78 is 29.4. The number of rotatable bonds is 4. The number of ketones is 1. The quantitative estimate of drug-likeness (QED) is 0.367. The lowest BCUT2D eigenvalue weighted by Gasteiger charge is -2.25. The maximum atomic E-state index is 13.5. The molecule has 33 heavy (non-hydrogen) atoms. The third-order valence-electron chi connectivity index (χ3n) is 5.63. The topological polar surface area (TPSA) is 85.3 Å². The van der Waals surface area contributed by atoms with E-state index in [4.69, 9.17) is 14.2 Å². The molecule has 5 rings (SSSR count). The van der Waals surface area contributed by atoms with Crippen molar-refractivity contribution in [3.63, 3.8) is 0 Å². The summed E-state index contributed by atoms with van der Waals surface area (Å²) in [6, 6.07) is 15.9. The van der Waals surface area contributed by atoms with Gasteiger partial charge in [0.25, 0.3) is 11.7 Å². The van der Waals surface area contributed by atoms with E-state index in [2.05, 4.69) is 0 Å². The molecule has 0 bridgehead atoms. The number of amides is 1. The second-order valence-corrected chi connectivity index (χ2v) is 7.49. The van der Waals surface area contributed by atoms with Crippen LogP contribution in [0, 0.1) is 5.82 Å². The molecule has 1 amide bonds. The molecule has 7 nitrogen and oxygen atoms in total. The summed E-state index contributed by atoms with van der Waals surface area (Å²) >= 11 is 0. The van der Waals surface area contributed by atoms with Crippen LogP contribution in [0.3, 0.4) is 0 Å². The molecule has 0 aliphatic carbocycles. The molecular weight excluding hydrogens is 429 g/mol. The van der Waals surface area contributed by atoms with Gasteiger partial charge in [0.2, 0.25) is 6.79 Å². The van der Waals surface area contributed by atoms with Crippen molar-refractivity contribution in [2.75, 3.05) is 18.8 Å². The van der Waals surface area contributed by atoms with Gasteiger partial charge in [-0.15, -0.1) is 0 Å². The minimum absolute atomic E-state index is 0.0559. The number of ether oxygens (including phenoxy) is 3. The van der Waals surface area contributed by atoms with E-state index in [-0.39, 0.29) is 18.1 Å².